The van der Waals surface area contributed by atoms with Gasteiger partial charge in [-0.05, 0) is 6.07 Å². The number of aromatic nitrogens is 1. The van der Waals surface area contributed by atoms with Gasteiger partial charge in [-0.1, -0.05) is 6.07 Å². The molecule has 1 aromatic heterocycles. The van der Waals surface area contributed by atoms with Crippen molar-refractivity contribution in [2.45, 2.75) is 6.04 Å². The highest BCUT2D eigenvalue weighted by molar-refractivity contribution is 5.84. The van der Waals surface area contributed by atoms with Crippen molar-refractivity contribution in [3.05, 3.63) is 28.3 Å². The molecule has 88 valence electrons. The Bertz CT molecular complexity index is 576. The first-order chi connectivity index (χ1) is 8.24. The Labute approximate surface area is 96.0 Å². The second kappa shape index (κ2) is 3.70. The molecule has 7 nitrogen and oxygen atoms in total. The second-order valence-corrected chi connectivity index (χ2v) is 3.90. The van der Waals surface area contributed by atoms with E-state index >= 15 is 0 Å². The first-order valence-electron chi connectivity index (χ1n) is 5.25. The smallest absolute Gasteiger partial charge is 0.298 e. The number of rotatable bonds is 3. The Morgan fingerprint density at radius 1 is 1.53 bits per heavy atom. The van der Waals surface area contributed by atoms with Crippen LogP contribution >= 0.6 is 0 Å². The van der Waals surface area contributed by atoms with Gasteiger partial charge in [0.05, 0.1) is 11.0 Å². The summed E-state index contributed by atoms with van der Waals surface area (Å²) in [5.41, 5.74) is 0.673. The molecule has 2 heterocycles. The summed E-state index contributed by atoms with van der Waals surface area (Å²) >= 11 is 0. The van der Waals surface area contributed by atoms with Gasteiger partial charge in [-0.2, -0.15) is 4.98 Å². The molecule has 0 aliphatic carbocycles. The van der Waals surface area contributed by atoms with Crippen LogP contribution in [-0.4, -0.2) is 29.0 Å². The van der Waals surface area contributed by atoms with E-state index < -0.39 is 4.92 Å². The van der Waals surface area contributed by atoms with E-state index in [1.807, 2.05) is 0 Å². The van der Waals surface area contributed by atoms with Gasteiger partial charge in [-0.15, -0.1) is 0 Å². The highest BCUT2D eigenvalue weighted by Crippen LogP contribution is 2.27. The third kappa shape index (κ3) is 1.70. The quantitative estimate of drug-likeness (QED) is 0.610. The van der Waals surface area contributed by atoms with E-state index in [0.29, 0.717) is 11.6 Å². The van der Waals surface area contributed by atoms with Gasteiger partial charge in [-0.3, -0.25) is 10.1 Å². The Morgan fingerprint density at radius 2 is 2.35 bits per heavy atom. The zero-order chi connectivity index (χ0) is 11.8. The van der Waals surface area contributed by atoms with Crippen molar-refractivity contribution in [1.29, 1.82) is 0 Å². The van der Waals surface area contributed by atoms with E-state index in [1.54, 1.807) is 12.1 Å². The van der Waals surface area contributed by atoms with Crippen molar-refractivity contribution in [3.63, 3.8) is 0 Å². The maximum Gasteiger partial charge on any atom is 0.298 e. The minimum atomic E-state index is -0.459. The SMILES string of the molecule is O=[N+]([O-])c1cccc2oc(NC3CNC3)nc12. The van der Waals surface area contributed by atoms with Crippen LogP contribution in [0.1, 0.15) is 0 Å². The first-order valence-corrected chi connectivity index (χ1v) is 5.25. The van der Waals surface area contributed by atoms with E-state index in [2.05, 4.69) is 15.6 Å². The van der Waals surface area contributed by atoms with Crippen molar-refractivity contribution in [3.8, 4) is 0 Å². The van der Waals surface area contributed by atoms with Gasteiger partial charge in [0.15, 0.2) is 11.1 Å². The first kappa shape index (κ1) is 10.0. The van der Waals surface area contributed by atoms with Crippen molar-refractivity contribution in [2.75, 3.05) is 18.4 Å². The lowest BCUT2D eigenvalue weighted by Gasteiger charge is -2.26. The number of fused-ring (bicyclic) bond motifs is 1. The summed E-state index contributed by atoms with van der Waals surface area (Å²) < 4.78 is 5.41. The molecule has 17 heavy (non-hydrogen) atoms. The lowest BCUT2D eigenvalue weighted by molar-refractivity contribution is -0.383. The third-order valence-electron chi connectivity index (χ3n) is 2.70. The predicted octanol–water partition coefficient (Wildman–Crippen LogP) is 1.12. The monoisotopic (exact) mass is 234 g/mol. The number of benzene rings is 1. The molecule has 0 bridgehead atoms. The number of nitro benzene ring substituents is 1. The van der Waals surface area contributed by atoms with Crippen LogP contribution in [0, 0.1) is 10.1 Å². The maximum absolute atomic E-state index is 10.8. The summed E-state index contributed by atoms with van der Waals surface area (Å²) in [5.74, 6) is 0. The number of nitrogens with zero attached hydrogens (tertiary/aromatic N) is 2. The average molecular weight is 234 g/mol. The Hall–Kier alpha value is -2.15. The van der Waals surface area contributed by atoms with Crippen LogP contribution in [0.15, 0.2) is 22.6 Å². The lowest BCUT2D eigenvalue weighted by Crippen LogP contribution is -2.51. The fourth-order valence-electron chi connectivity index (χ4n) is 1.71. The number of hydrogen-bond acceptors (Lipinski definition) is 6. The van der Waals surface area contributed by atoms with Gasteiger partial charge in [0.2, 0.25) is 0 Å². The van der Waals surface area contributed by atoms with Crippen LogP contribution in [0.5, 0.6) is 0 Å². The van der Waals surface area contributed by atoms with Crippen molar-refractivity contribution < 1.29 is 9.34 Å². The van der Waals surface area contributed by atoms with Gasteiger partial charge >= 0.3 is 0 Å². The summed E-state index contributed by atoms with van der Waals surface area (Å²) in [6.45, 7) is 1.70. The molecule has 0 amide bonds. The van der Waals surface area contributed by atoms with Crippen molar-refractivity contribution in [2.24, 2.45) is 0 Å². The van der Waals surface area contributed by atoms with Crippen LogP contribution in [-0.2, 0) is 0 Å². The van der Waals surface area contributed by atoms with Crippen LogP contribution < -0.4 is 10.6 Å². The van der Waals surface area contributed by atoms with Gasteiger partial charge < -0.3 is 15.1 Å². The van der Waals surface area contributed by atoms with E-state index in [-0.39, 0.29) is 17.2 Å². The van der Waals surface area contributed by atoms with Gasteiger partial charge in [0.1, 0.15) is 0 Å². The summed E-state index contributed by atoms with van der Waals surface area (Å²) in [7, 11) is 0. The van der Waals surface area contributed by atoms with E-state index in [0.717, 1.165) is 13.1 Å². The number of hydrogen-bond donors (Lipinski definition) is 2. The van der Waals surface area contributed by atoms with Crippen molar-refractivity contribution in [1.82, 2.24) is 10.3 Å². The van der Waals surface area contributed by atoms with E-state index in [9.17, 15) is 10.1 Å². The molecule has 1 fully saturated rings. The number of nitro groups is 1. The van der Waals surface area contributed by atoms with Crippen LogP contribution in [0.4, 0.5) is 11.7 Å². The van der Waals surface area contributed by atoms with E-state index in [1.165, 1.54) is 6.07 Å². The zero-order valence-electron chi connectivity index (χ0n) is 8.84. The van der Waals surface area contributed by atoms with E-state index in [4.69, 9.17) is 4.42 Å². The molecule has 0 saturated carbocycles. The number of anilines is 1. The zero-order valence-corrected chi connectivity index (χ0v) is 8.84. The molecule has 1 aliphatic rings. The summed E-state index contributed by atoms with van der Waals surface area (Å²) in [6.07, 6.45) is 0. The normalized spacial score (nSPS) is 15.8. The Balaban J connectivity index is 1.99. The maximum atomic E-state index is 10.8. The molecule has 0 spiro atoms. The molecular formula is C10H10N4O3. The number of non-ortho nitro benzene ring substituents is 1. The molecule has 1 aliphatic heterocycles. The molecule has 2 aromatic rings. The van der Waals surface area contributed by atoms with Gasteiger partial charge in [0, 0.05) is 19.2 Å². The molecule has 0 radical (unpaired) electrons. The molecule has 0 unspecified atom stereocenters. The summed E-state index contributed by atoms with van der Waals surface area (Å²) in [6, 6.07) is 5.28. The average Bonchev–Trinajstić information content (AvgIpc) is 2.65. The predicted molar refractivity (Wildman–Crippen MR) is 60.9 cm³/mol. The Kier molecular flexibility index (Phi) is 2.19. The molecule has 3 rings (SSSR count). The molecule has 7 heteroatoms. The lowest BCUT2D eigenvalue weighted by atomic mass is 10.2. The van der Waals surface area contributed by atoms with Crippen molar-refractivity contribution >= 4 is 22.8 Å². The van der Waals surface area contributed by atoms with Crippen LogP contribution in [0.25, 0.3) is 11.1 Å². The topological polar surface area (TPSA) is 93.2 Å². The number of nitrogens with one attached hydrogen (secondary N) is 2. The van der Waals surface area contributed by atoms with Crippen LogP contribution in [0.2, 0.25) is 0 Å². The summed E-state index contributed by atoms with van der Waals surface area (Å²) in [5, 5.41) is 17.0. The highest BCUT2D eigenvalue weighted by Gasteiger charge is 2.21. The fourth-order valence-corrected chi connectivity index (χ4v) is 1.71. The summed E-state index contributed by atoms with van der Waals surface area (Å²) in [4.78, 5) is 14.5. The second-order valence-electron chi connectivity index (χ2n) is 3.90. The molecule has 1 aromatic carbocycles. The molecule has 0 atom stereocenters. The minimum absolute atomic E-state index is 0.0361. The fraction of sp³-hybridized carbons (Fsp3) is 0.300. The number of para-hydroxylation sites is 1. The van der Waals surface area contributed by atoms with Gasteiger partial charge in [-0.25, -0.2) is 0 Å². The number of oxazole rings is 1. The molecular weight excluding hydrogens is 224 g/mol. The highest BCUT2D eigenvalue weighted by atomic mass is 16.6. The standard InChI is InChI=1S/C10H10N4O3/c15-14(16)7-2-1-3-8-9(7)13-10(17-8)12-6-4-11-5-6/h1-3,6,11H,4-5H2,(H,12,13). The molecule has 1 saturated heterocycles. The van der Waals surface area contributed by atoms with Gasteiger partial charge in [0.25, 0.3) is 11.7 Å². The Morgan fingerprint density at radius 3 is 3.00 bits per heavy atom. The van der Waals surface area contributed by atoms with Crippen LogP contribution in [0.3, 0.4) is 0 Å². The minimum Gasteiger partial charge on any atom is -0.423 e. The third-order valence-corrected chi connectivity index (χ3v) is 2.70. The largest absolute Gasteiger partial charge is 0.423 e. The molecule has 2 N–H and O–H groups in total.